The second-order valence-corrected chi connectivity index (χ2v) is 6.93. The average Bonchev–Trinajstić information content (AvgIpc) is 3.22. The minimum absolute atomic E-state index is 0.105. The smallest absolute Gasteiger partial charge is 0.231 e. The van der Waals surface area contributed by atoms with E-state index in [1.807, 2.05) is 12.1 Å². The van der Waals surface area contributed by atoms with Crippen LogP contribution in [0.3, 0.4) is 0 Å². The fourth-order valence-electron chi connectivity index (χ4n) is 4.18. The second kappa shape index (κ2) is 6.04. The van der Waals surface area contributed by atoms with Crippen LogP contribution in [-0.2, 0) is 4.79 Å². The Morgan fingerprint density at radius 1 is 1.13 bits per heavy atom. The van der Waals surface area contributed by atoms with Crippen LogP contribution in [0.25, 0.3) is 0 Å². The molecule has 0 aromatic heterocycles. The molecule has 1 aliphatic carbocycles. The molecular weight excluding hydrogens is 292 g/mol. The SMILES string of the molecule is N[C@@H]1CCC[C@@H](C(=O)N2CCC[C@H]2c2ccc3c(c2)OCO3)C1. The van der Waals surface area contributed by atoms with E-state index in [-0.39, 0.29) is 24.8 Å². The van der Waals surface area contributed by atoms with Crippen LogP contribution < -0.4 is 15.2 Å². The summed E-state index contributed by atoms with van der Waals surface area (Å²) in [4.78, 5) is 15.0. The first-order chi connectivity index (χ1) is 11.2. The molecule has 124 valence electrons. The second-order valence-electron chi connectivity index (χ2n) is 6.93. The third-order valence-corrected chi connectivity index (χ3v) is 5.38. The Labute approximate surface area is 136 Å². The average molecular weight is 316 g/mol. The van der Waals surface area contributed by atoms with E-state index in [2.05, 4.69) is 11.0 Å². The molecule has 23 heavy (non-hydrogen) atoms. The summed E-state index contributed by atoms with van der Waals surface area (Å²) in [6.07, 6.45) is 6.02. The Balaban J connectivity index is 1.53. The monoisotopic (exact) mass is 316 g/mol. The minimum Gasteiger partial charge on any atom is -0.454 e. The zero-order valence-electron chi connectivity index (χ0n) is 13.4. The van der Waals surface area contributed by atoms with Crippen LogP contribution in [0, 0.1) is 5.92 Å². The molecule has 2 heterocycles. The van der Waals surface area contributed by atoms with E-state index in [0.29, 0.717) is 5.91 Å². The molecule has 1 amide bonds. The number of rotatable bonds is 2. The highest BCUT2D eigenvalue weighted by molar-refractivity contribution is 5.80. The number of hydrogen-bond donors (Lipinski definition) is 1. The first-order valence-corrected chi connectivity index (χ1v) is 8.68. The summed E-state index contributed by atoms with van der Waals surface area (Å²) in [7, 11) is 0. The molecule has 2 fully saturated rings. The van der Waals surface area contributed by atoms with Gasteiger partial charge in [0.1, 0.15) is 0 Å². The Morgan fingerprint density at radius 3 is 2.87 bits per heavy atom. The van der Waals surface area contributed by atoms with Gasteiger partial charge in [-0.15, -0.1) is 0 Å². The van der Waals surface area contributed by atoms with Crippen molar-refractivity contribution in [2.75, 3.05) is 13.3 Å². The molecule has 5 nitrogen and oxygen atoms in total. The zero-order chi connectivity index (χ0) is 15.8. The third kappa shape index (κ3) is 2.78. The van der Waals surface area contributed by atoms with E-state index in [1.165, 1.54) is 0 Å². The topological polar surface area (TPSA) is 64.8 Å². The van der Waals surface area contributed by atoms with Crippen LogP contribution in [0.5, 0.6) is 11.5 Å². The number of ether oxygens (including phenoxy) is 2. The number of carbonyl (C=O) groups is 1. The molecule has 2 N–H and O–H groups in total. The largest absolute Gasteiger partial charge is 0.454 e. The highest BCUT2D eigenvalue weighted by Crippen LogP contribution is 2.40. The predicted molar refractivity (Wildman–Crippen MR) is 86.2 cm³/mol. The van der Waals surface area contributed by atoms with Crippen molar-refractivity contribution in [1.29, 1.82) is 0 Å². The Bertz CT molecular complexity index is 604. The molecule has 0 unspecified atom stereocenters. The van der Waals surface area contributed by atoms with Gasteiger partial charge in [0.05, 0.1) is 6.04 Å². The van der Waals surface area contributed by atoms with Crippen molar-refractivity contribution < 1.29 is 14.3 Å². The van der Waals surface area contributed by atoms with E-state index >= 15 is 0 Å². The van der Waals surface area contributed by atoms with Crippen LogP contribution in [0.2, 0.25) is 0 Å². The molecular formula is C18H24N2O3. The maximum atomic E-state index is 13.0. The Kier molecular flexibility index (Phi) is 3.89. The lowest BCUT2D eigenvalue weighted by Crippen LogP contribution is -2.40. The maximum absolute atomic E-state index is 13.0. The van der Waals surface area contributed by atoms with Gasteiger partial charge in [-0.2, -0.15) is 0 Å². The van der Waals surface area contributed by atoms with Gasteiger partial charge in [0, 0.05) is 18.5 Å². The van der Waals surface area contributed by atoms with Crippen molar-refractivity contribution in [2.45, 2.75) is 50.6 Å². The molecule has 5 heteroatoms. The molecule has 2 aliphatic heterocycles. The number of nitrogens with two attached hydrogens (primary N) is 1. The Morgan fingerprint density at radius 2 is 2.00 bits per heavy atom. The number of carbonyl (C=O) groups excluding carboxylic acids is 1. The molecule has 1 aromatic carbocycles. The van der Waals surface area contributed by atoms with Gasteiger partial charge in [-0.1, -0.05) is 12.5 Å². The maximum Gasteiger partial charge on any atom is 0.231 e. The lowest BCUT2D eigenvalue weighted by molar-refractivity contribution is -0.137. The quantitative estimate of drug-likeness (QED) is 0.911. The molecule has 0 bridgehead atoms. The standard InChI is InChI=1S/C18H24N2O3/c19-14-4-1-3-13(9-14)18(21)20-8-2-5-15(20)12-6-7-16-17(10-12)23-11-22-16/h6-7,10,13-15H,1-5,8-9,11,19H2/t13-,14-,15+/m1/s1. The zero-order valence-corrected chi connectivity index (χ0v) is 13.4. The predicted octanol–water partition coefficient (Wildman–Crippen LogP) is 2.60. The fourth-order valence-corrected chi connectivity index (χ4v) is 4.18. The summed E-state index contributed by atoms with van der Waals surface area (Å²) in [5.74, 6) is 1.98. The summed E-state index contributed by atoms with van der Waals surface area (Å²) < 4.78 is 10.9. The first kappa shape index (κ1) is 14.8. The molecule has 1 saturated heterocycles. The van der Waals surface area contributed by atoms with Crippen molar-refractivity contribution >= 4 is 5.91 Å². The van der Waals surface area contributed by atoms with Crippen molar-refractivity contribution in [3.05, 3.63) is 23.8 Å². The van der Waals surface area contributed by atoms with E-state index in [4.69, 9.17) is 15.2 Å². The van der Waals surface area contributed by atoms with Gasteiger partial charge < -0.3 is 20.1 Å². The van der Waals surface area contributed by atoms with Gasteiger partial charge in [0.15, 0.2) is 11.5 Å². The van der Waals surface area contributed by atoms with Gasteiger partial charge in [0.25, 0.3) is 0 Å². The number of likely N-dealkylation sites (tertiary alicyclic amines) is 1. The van der Waals surface area contributed by atoms with Crippen molar-refractivity contribution in [2.24, 2.45) is 11.7 Å². The van der Waals surface area contributed by atoms with Gasteiger partial charge in [-0.3, -0.25) is 4.79 Å². The van der Waals surface area contributed by atoms with Crippen LogP contribution in [0.15, 0.2) is 18.2 Å². The Hall–Kier alpha value is -1.75. The molecule has 0 radical (unpaired) electrons. The van der Waals surface area contributed by atoms with Crippen molar-refractivity contribution in [1.82, 2.24) is 4.90 Å². The summed E-state index contributed by atoms with van der Waals surface area (Å²) >= 11 is 0. The van der Waals surface area contributed by atoms with Gasteiger partial charge in [0.2, 0.25) is 12.7 Å². The lowest BCUT2D eigenvalue weighted by atomic mass is 9.85. The van der Waals surface area contributed by atoms with Gasteiger partial charge in [-0.25, -0.2) is 0 Å². The third-order valence-electron chi connectivity index (χ3n) is 5.38. The number of hydrogen-bond acceptors (Lipinski definition) is 4. The summed E-state index contributed by atoms with van der Waals surface area (Å²) in [5, 5.41) is 0. The molecule has 3 aliphatic rings. The minimum atomic E-state index is 0.105. The van der Waals surface area contributed by atoms with Crippen LogP contribution in [-0.4, -0.2) is 30.2 Å². The molecule has 0 spiro atoms. The molecule has 1 aromatic rings. The number of fused-ring (bicyclic) bond motifs is 1. The van der Waals surface area contributed by atoms with Crippen molar-refractivity contribution in [3.8, 4) is 11.5 Å². The molecule has 4 rings (SSSR count). The van der Waals surface area contributed by atoms with E-state index in [1.54, 1.807) is 0 Å². The van der Waals surface area contributed by atoms with E-state index in [9.17, 15) is 4.79 Å². The van der Waals surface area contributed by atoms with Crippen LogP contribution in [0.4, 0.5) is 0 Å². The van der Waals surface area contributed by atoms with E-state index in [0.717, 1.165) is 62.1 Å². The molecule has 3 atom stereocenters. The van der Waals surface area contributed by atoms with Crippen LogP contribution >= 0.6 is 0 Å². The number of amides is 1. The number of benzene rings is 1. The van der Waals surface area contributed by atoms with Crippen molar-refractivity contribution in [3.63, 3.8) is 0 Å². The normalized spacial score (nSPS) is 29.8. The summed E-state index contributed by atoms with van der Waals surface area (Å²) in [6, 6.07) is 6.40. The lowest BCUT2D eigenvalue weighted by Gasteiger charge is -2.32. The first-order valence-electron chi connectivity index (χ1n) is 8.68. The number of nitrogens with zero attached hydrogens (tertiary/aromatic N) is 1. The van der Waals surface area contributed by atoms with Crippen LogP contribution in [0.1, 0.15) is 50.1 Å². The van der Waals surface area contributed by atoms with Gasteiger partial charge >= 0.3 is 0 Å². The summed E-state index contributed by atoms with van der Waals surface area (Å²) in [6.45, 7) is 1.13. The fraction of sp³-hybridized carbons (Fsp3) is 0.611. The summed E-state index contributed by atoms with van der Waals surface area (Å²) in [5.41, 5.74) is 7.22. The van der Waals surface area contributed by atoms with E-state index < -0.39 is 0 Å². The highest BCUT2D eigenvalue weighted by Gasteiger charge is 2.36. The highest BCUT2D eigenvalue weighted by atomic mass is 16.7. The van der Waals surface area contributed by atoms with Gasteiger partial charge in [-0.05, 0) is 49.8 Å². The molecule has 1 saturated carbocycles.